The summed E-state index contributed by atoms with van der Waals surface area (Å²) in [6.07, 6.45) is 2.40. The van der Waals surface area contributed by atoms with Gasteiger partial charge in [-0.05, 0) is 64.0 Å². The first-order valence-corrected chi connectivity index (χ1v) is 17.5. The molecule has 4 rings (SSSR count). The SMILES string of the molecule is C[C@H](N)C(=O)N[C@H](C(=O)N[C@@H](Cc1c[nH]c2ccccc12)C(=O)N1CCC[C@H]1C(=O)N1CCC[C@H]1C(=O)N[C@@H](CCCN=C(N)N)C(=O)O)[C@@H](C)O. The summed E-state index contributed by atoms with van der Waals surface area (Å²) < 4.78 is 0. The summed E-state index contributed by atoms with van der Waals surface area (Å²) in [5.41, 5.74) is 17.8. The fraction of sp³-hybridized carbons (Fsp3) is 0.559. The number of aliphatic hydroxyl groups excluding tert-OH is 1. The average molecular weight is 727 g/mol. The number of aliphatic imine (C=N–C) groups is 1. The van der Waals surface area contributed by atoms with Crippen LogP contribution in [0.2, 0.25) is 0 Å². The molecular weight excluding hydrogens is 676 g/mol. The van der Waals surface area contributed by atoms with Crippen LogP contribution in [0.4, 0.5) is 0 Å². The van der Waals surface area contributed by atoms with E-state index in [-0.39, 0.29) is 38.4 Å². The fourth-order valence-corrected chi connectivity index (χ4v) is 6.68. The van der Waals surface area contributed by atoms with Crippen LogP contribution in [0.3, 0.4) is 0 Å². The number of guanidine groups is 1. The van der Waals surface area contributed by atoms with Crippen LogP contribution >= 0.6 is 0 Å². The minimum Gasteiger partial charge on any atom is -0.480 e. The minimum absolute atomic E-state index is 0.0221. The lowest BCUT2D eigenvalue weighted by atomic mass is 10.0. The Hall–Kier alpha value is -5.23. The number of carbonyl (C=O) groups is 6. The summed E-state index contributed by atoms with van der Waals surface area (Å²) in [6, 6.07) is 0.735. The van der Waals surface area contributed by atoms with Gasteiger partial charge in [-0.15, -0.1) is 0 Å². The molecule has 0 bridgehead atoms. The molecule has 1 aromatic carbocycles. The number of carboxylic acid groups (broad SMARTS) is 1. The standard InChI is InChI=1S/C34H50N10O8/c1-18(35)28(46)42-27(19(2)45)30(48)41-24(16-20-17-39-22-9-4-3-8-21(20)22)31(49)44-15-7-12-26(44)32(50)43-14-6-11-25(43)29(47)40-23(33(51)52)10-5-13-38-34(36)37/h3-4,8-9,17-19,23-27,39,45H,5-7,10-16,35H2,1-2H3,(H,40,47)(H,41,48)(H,42,46)(H,51,52)(H4,36,37,38)/t18-,19+,23-,24-,25-,26-,27-/m0/s1. The Morgan fingerprint density at radius 2 is 1.62 bits per heavy atom. The van der Waals surface area contributed by atoms with Gasteiger partial charge in [0.1, 0.15) is 30.2 Å². The van der Waals surface area contributed by atoms with Gasteiger partial charge in [-0.3, -0.25) is 29.0 Å². The van der Waals surface area contributed by atoms with Gasteiger partial charge in [-0.25, -0.2) is 4.79 Å². The number of para-hydroxylation sites is 1. The molecule has 52 heavy (non-hydrogen) atoms. The largest absolute Gasteiger partial charge is 0.480 e. The number of carboxylic acids is 1. The zero-order valence-electron chi connectivity index (χ0n) is 29.4. The van der Waals surface area contributed by atoms with Gasteiger partial charge in [0.2, 0.25) is 29.5 Å². The summed E-state index contributed by atoms with van der Waals surface area (Å²) in [5, 5.41) is 28.6. The Labute approximate surface area is 300 Å². The van der Waals surface area contributed by atoms with Crippen LogP contribution < -0.4 is 33.2 Å². The van der Waals surface area contributed by atoms with Crippen molar-refractivity contribution in [1.29, 1.82) is 0 Å². The van der Waals surface area contributed by atoms with E-state index in [4.69, 9.17) is 17.2 Å². The highest BCUT2D eigenvalue weighted by Crippen LogP contribution is 2.27. The van der Waals surface area contributed by atoms with Crippen molar-refractivity contribution >= 4 is 52.4 Å². The number of rotatable bonds is 16. The number of hydrogen-bond donors (Lipinski definition) is 9. The molecule has 2 saturated heterocycles. The number of carbonyl (C=O) groups excluding carboxylic acids is 5. The second-order valence-corrected chi connectivity index (χ2v) is 13.4. The molecule has 2 aliphatic heterocycles. The normalized spacial score (nSPS) is 20.0. The van der Waals surface area contributed by atoms with Crippen LogP contribution in [0.1, 0.15) is 57.9 Å². The summed E-state index contributed by atoms with van der Waals surface area (Å²) in [7, 11) is 0. The third-order valence-electron chi connectivity index (χ3n) is 9.41. The van der Waals surface area contributed by atoms with E-state index >= 15 is 0 Å². The maximum atomic E-state index is 14.4. The maximum absolute atomic E-state index is 14.4. The van der Waals surface area contributed by atoms with Gasteiger partial charge in [-0.2, -0.15) is 0 Å². The number of aliphatic carboxylic acids is 1. The van der Waals surface area contributed by atoms with Crippen LogP contribution in [-0.4, -0.2) is 128 Å². The predicted molar refractivity (Wildman–Crippen MR) is 190 cm³/mol. The predicted octanol–water partition coefficient (Wildman–Crippen LogP) is -1.99. The molecule has 2 fully saturated rings. The highest BCUT2D eigenvalue weighted by Gasteiger charge is 2.44. The Balaban J connectivity index is 1.54. The van der Waals surface area contributed by atoms with Crippen LogP contribution in [0.5, 0.6) is 0 Å². The van der Waals surface area contributed by atoms with E-state index in [2.05, 4.69) is 25.9 Å². The lowest BCUT2D eigenvalue weighted by molar-refractivity contribution is -0.149. The Morgan fingerprint density at radius 3 is 2.27 bits per heavy atom. The first kappa shape index (κ1) is 39.6. The van der Waals surface area contributed by atoms with E-state index in [0.717, 1.165) is 10.9 Å². The number of fused-ring (bicyclic) bond motifs is 1. The smallest absolute Gasteiger partial charge is 0.326 e. The Morgan fingerprint density at radius 1 is 0.942 bits per heavy atom. The highest BCUT2D eigenvalue weighted by molar-refractivity contribution is 5.97. The molecular formula is C34H50N10O8. The molecule has 2 aromatic rings. The van der Waals surface area contributed by atoms with E-state index in [1.807, 2.05) is 24.3 Å². The van der Waals surface area contributed by atoms with Crippen molar-refractivity contribution in [3.05, 3.63) is 36.0 Å². The van der Waals surface area contributed by atoms with E-state index in [1.54, 1.807) is 6.20 Å². The minimum atomic E-state index is -1.42. The first-order valence-electron chi connectivity index (χ1n) is 17.5. The number of aliphatic hydroxyl groups is 1. The molecule has 0 unspecified atom stereocenters. The van der Waals surface area contributed by atoms with E-state index in [9.17, 15) is 39.0 Å². The van der Waals surface area contributed by atoms with Crippen LogP contribution in [0.15, 0.2) is 35.5 Å². The van der Waals surface area contributed by atoms with E-state index in [1.165, 1.54) is 23.6 Å². The molecule has 0 spiro atoms. The number of nitrogens with one attached hydrogen (secondary N) is 4. The third kappa shape index (κ3) is 9.75. The third-order valence-corrected chi connectivity index (χ3v) is 9.41. The van der Waals surface area contributed by atoms with Crippen molar-refractivity contribution in [3.63, 3.8) is 0 Å². The Bertz CT molecular complexity index is 1660. The van der Waals surface area contributed by atoms with Gasteiger partial charge in [0, 0.05) is 43.2 Å². The second kappa shape index (κ2) is 17.8. The second-order valence-electron chi connectivity index (χ2n) is 13.4. The van der Waals surface area contributed by atoms with Crippen molar-refractivity contribution in [1.82, 2.24) is 30.7 Å². The summed E-state index contributed by atoms with van der Waals surface area (Å²) in [5.74, 6) is -4.46. The molecule has 18 nitrogen and oxygen atoms in total. The number of aromatic nitrogens is 1. The van der Waals surface area contributed by atoms with Gasteiger partial charge in [0.25, 0.3) is 0 Å². The number of benzene rings is 1. The summed E-state index contributed by atoms with van der Waals surface area (Å²) >= 11 is 0. The molecule has 1 aromatic heterocycles. The molecule has 18 heteroatoms. The zero-order chi connectivity index (χ0) is 38.1. The summed E-state index contributed by atoms with van der Waals surface area (Å²) in [4.78, 5) is 89.5. The van der Waals surface area contributed by atoms with Crippen LogP contribution in [0.25, 0.3) is 10.9 Å². The quantitative estimate of drug-likeness (QED) is 0.0519. The molecule has 3 heterocycles. The van der Waals surface area contributed by atoms with Crippen LogP contribution in [0, 0.1) is 0 Å². The number of H-pyrrole nitrogens is 1. The molecule has 0 radical (unpaired) electrons. The zero-order valence-corrected chi connectivity index (χ0v) is 29.4. The number of amides is 5. The molecule has 12 N–H and O–H groups in total. The van der Waals surface area contributed by atoms with Gasteiger partial charge in [0.05, 0.1) is 12.1 Å². The van der Waals surface area contributed by atoms with E-state index in [0.29, 0.717) is 37.7 Å². The number of likely N-dealkylation sites (tertiary alicyclic amines) is 2. The number of aromatic amines is 1. The van der Waals surface area contributed by atoms with Crippen molar-refractivity contribution < 1.29 is 39.0 Å². The lowest BCUT2D eigenvalue weighted by Gasteiger charge is -2.33. The van der Waals surface area contributed by atoms with E-state index < -0.39 is 77.9 Å². The molecule has 0 saturated carbocycles. The van der Waals surface area contributed by atoms with Crippen molar-refractivity contribution in [3.8, 4) is 0 Å². The number of nitrogens with two attached hydrogens (primary N) is 3. The number of nitrogens with zero attached hydrogens (tertiary/aromatic N) is 3. The molecule has 7 atom stereocenters. The summed E-state index contributed by atoms with van der Waals surface area (Å²) in [6.45, 7) is 3.38. The lowest BCUT2D eigenvalue weighted by Crippen LogP contribution is -2.60. The highest BCUT2D eigenvalue weighted by atomic mass is 16.4. The van der Waals surface area contributed by atoms with Crippen molar-refractivity contribution in [2.45, 2.75) is 101 Å². The monoisotopic (exact) mass is 726 g/mol. The molecule has 0 aliphatic carbocycles. The molecule has 5 amide bonds. The number of hydrogen-bond acceptors (Lipinski definition) is 9. The van der Waals surface area contributed by atoms with Crippen LogP contribution in [-0.2, 0) is 35.2 Å². The Kier molecular flexibility index (Phi) is 13.5. The van der Waals surface area contributed by atoms with Gasteiger partial charge in [-0.1, -0.05) is 18.2 Å². The topological polar surface area (TPSA) is 292 Å². The van der Waals surface area contributed by atoms with Crippen molar-refractivity contribution in [2.75, 3.05) is 19.6 Å². The van der Waals surface area contributed by atoms with Gasteiger partial charge < -0.3 is 58.1 Å². The molecule has 2 aliphatic rings. The first-order chi connectivity index (χ1) is 24.7. The maximum Gasteiger partial charge on any atom is 0.326 e. The van der Waals surface area contributed by atoms with Gasteiger partial charge >= 0.3 is 5.97 Å². The fourth-order valence-electron chi connectivity index (χ4n) is 6.68. The average Bonchev–Trinajstić information content (AvgIpc) is 3.87. The molecule has 284 valence electrons. The van der Waals surface area contributed by atoms with Crippen molar-refractivity contribution in [2.24, 2.45) is 22.2 Å². The van der Waals surface area contributed by atoms with Gasteiger partial charge in [0.15, 0.2) is 5.96 Å².